The Labute approximate surface area is 136 Å². The van der Waals surface area contributed by atoms with E-state index < -0.39 is 12.0 Å². The summed E-state index contributed by atoms with van der Waals surface area (Å²) in [7, 11) is 0. The third-order valence-electron chi connectivity index (χ3n) is 3.57. The van der Waals surface area contributed by atoms with Crippen LogP contribution >= 0.6 is 11.3 Å². The van der Waals surface area contributed by atoms with Gasteiger partial charge in [0.15, 0.2) is 16.8 Å². The average molecular weight is 336 g/mol. The molecule has 23 heavy (non-hydrogen) atoms. The van der Waals surface area contributed by atoms with Crippen molar-refractivity contribution < 1.29 is 23.8 Å². The summed E-state index contributed by atoms with van der Waals surface area (Å²) in [6.45, 7) is 2.51. The van der Waals surface area contributed by atoms with Crippen LogP contribution in [0.3, 0.4) is 0 Å². The van der Waals surface area contributed by atoms with Gasteiger partial charge in [0.2, 0.25) is 5.91 Å². The molecule has 0 spiro atoms. The monoisotopic (exact) mass is 336 g/mol. The fraction of sp³-hybridized carbons (Fsp3) is 0.400. The predicted molar refractivity (Wildman–Crippen MR) is 82.2 cm³/mol. The predicted octanol–water partition coefficient (Wildman–Crippen LogP) is 1.57. The molecule has 0 bridgehead atoms. The van der Waals surface area contributed by atoms with E-state index >= 15 is 0 Å². The van der Waals surface area contributed by atoms with Gasteiger partial charge in [0.1, 0.15) is 5.76 Å². The second-order valence-electron chi connectivity index (χ2n) is 5.25. The lowest BCUT2D eigenvalue weighted by Crippen LogP contribution is -2.53. The molecule has 122 valence electrons. The molecule has 2 aromatic rings. The van der Waals surface area contributed by atoms with E-state index in [-0.39, 0.29) is 25.5 Å². The molecule has 7 nitrogen and oxygen atoms in total. The first-order chi connectivity index (χ1) is 11.0. The first-order valence-corrected chi connectivity index (χ1v) is 8.04. The van der Waals surface area contributed by atoms with Crippen molar-refractivity contribution in [3.8, 4) is 10.8 Å². The van der Waals surface area contributed by atoms with Crippen LogP contribution in [0.15, 0.2) is 21.9 Å². The van der Waals surface area contributed by atoms with Crippen molar-refractivity contribution in [2.75, 3.05) is 19.8 Å². The maximum atomic E-state index is 12.4. The number of thiazole rings is 1. The summed E-state index contributed by atoms with van der Waals surface area (Å²) in [5.41, 5.74) is 0.611. The highest BCUT2D eigenvalue weighted by atomic mass is 32.1. The number of morpholine rings is 1. The van der Waals surface area contributed by atoms with Crippen LogP contribution < -0.4 is 0 Å². The van der Waals surface area contributed by atoms with Crippen molar-refractivity contribution >= 4 is 23.2 Å². The maximum absolute atomic E-state index is 12.4. The van der Waals surface area contributed by atoms with E-state index in [0.717, 1.165) is 5.76 Å². The molecule has 1 aliphatic heterocycles. The van der Waals surface area contributed by atoms with Crippen molar-refractivity contribution in [1.82, 2.24) is 9.88 Å². The van der Waals surface area contributed by atoms with Crippen LogP contribution in [0.4, 0.5) is 0 Å². The lowest BCUT2D eigenvalue weighted by atomic mass is 10.2. The van der Waals surface area contributed by atoms with Crippen LogP contribution in [0, 0.1) is 6.92 Å². The maximum Gasteiger partial charge on any atom is 0.328 e. The van der Waals surface area contributed by atoms with Gasteiger partial charge in [-0.2, -0.15) is 0 Å². The number of nitrogens with zero attached hydrogens (tertiary/aromatic N) is 2. The van der Waals surface area contributed by atoms with Crippen LogP contribution in [0.5, 0.6) is 0 Å². The van der Waals surface area contributed by atoms with Gasteiger partial charge in [0, 0.05) is 11.9 Å². The highest BCUT2D eigenvalue weighted by molar-refractivity contribution is 7.13. The number of hydrogen-bond donors (Lipinski definition) is 1. The van der Waals surface area contributed by atoms with Crippen LogP contribution in [0.2, 0.25) is 0 Å². The molecule has 1 unspecified atom stereocenters. The molecule has 1 saturated heterocycles. The third-order valence-corrected chi connectivity index (χ3v) is 4.47. The third kappa shape index (κ3) is 3.43. The van der Waals surface area contributed by atoms with E-state index in [1.54, 1.807) is 5.38 Å². The van der Waals surface area contributed by atoms with Crippen molar-refractivity contribution in [1.29, 1.82) is 0 Å². The van der Waals surface area contributed by atoms with Gasteiger partial charge in [0.25, 0.3) is 0 Å². The highest BCUT2D eigenvalue weighted by Gasteiger charge is 2.32. The number of carboxylic acids is 1. The molecule has 0 aliphatic carbocycles. The lowest BCUT2D eigenvalue weighted by Gasteiger charge is -2.32. The Hall–Kier alpha value is -2.19. The number of carboxylic acid groups (broad SMARTS) is 1. The lowest BCUT2D eigenvalue weighted by molar-refractivity contribution is -0.158. The number of aromatic nitrogens is 1. The number of amides is 1. The van der Waals surface area contributed by atoms with Crippen LogP contribution in [0.1, 0.15) is 11.5 Å². The Kier molecular flexibility index (Phi) is 4.44. The number of hydrogen-bond acceptors (Lipinski definition) is 6. The number of carbonyl (C=O) groups is 2. The van der Waals surface area contributed by atoms with Gasteiger partial charge in [-0.05, 0) is 19.1 Å². The standard InChI is InChI=1S/C15H16N2O5S/c1-9-2-3-12(22-9)14-16-10(8-23-14)6-13(18)17-4-5-21-7-11(17)15(19)20/h2-3,8,11H,4-7H2,1H3,(H,19,20). The Balaban J connectivity index is 1.70. The first kappa shape index (κ1) is 15.7. The minimum Gasteiger partial charge on any atom is -0.480 e. The van der Waals surface area contributed by atoms with Gasteiger partial charge >= 0.3 is 5.97 Å². The van der Waals surface area contributed by atoms with Gasteiger partial charge in [-0.3, -0.25) is 4.79 Å². The Morgan fingerprint density at radius 1 is 1.48 bits per heavy atom. The fourth-order valence-corrected chi connectivity index (χ4v) is 3.19. The average Bonchev–Trinajstić information content (AvgIpc) is 3.16. The van der Waals surface area contributed by atoms with Crippen LogP contribution in [0.25, 0.3) is 10.8 Å². The molecule has 0 radical (unpaired) electrons. The second kappa shape index (κ2) is 6.51. The molecule has 1 atom stereocenters. The van der Waals surface area contributed by atoms with Crippen LogP contribution in [-0.2, 0) is 20.7 Å². The molecule has 3 rings (SSSR count). The van der Waals surface area contributed by atoms with E-state index in [4.69, 9.17) is 9.15 Å². The summed E-state index contributed by atoms with van der Waals surface area (Å²) in [5, 5.41) is 11.7. The summed E-state index contributed by atoms with van der Waals surface area (Å²) in [6, 6.07) is 2.76. The zero-order valence-electron chi connectivity index (χ0n) is 12.5. The zero-order chi connectivity index (χ0) is 16.4. The molecule has 2 aromatic heterocycles. The SMILES string of the molecule is Cc1ccc(-c2nc(CC(=O)N3CCOCC3C(=O)O)cs2)o1. The van der Waals surface area contributed by atoms with E-state index in [0.29, 0.717) is 23.1 Å². The van der Waals surface area contributed by atoms with E-state index in [2.05, 4.69) is 4.98 Å². The summed E-state index contributed by atoms with van der Waals surface area (Å²) in [6.07, 6.45) is 0.0694. The van der Waals surface area contributed by atoms with E-state index in [9.17, 15) is 14.7 Å². The van der Waals surface area contributed by atoms with Gasteiger partial charge in [-0.15, -0.1) is 11.3 Å². The highest BCUT2D eigenvalue weighted by Crippen LogP contribution is 2.26. The summed E-state index contributed by atoms with van der Waals surface area (Å²) >= 11 is 1.40. The normalized spacial score (nSPS) is 18.1. The van der Waals surface area contributed by atoms with Gasteiger partial charge in [0.05, 0.1) is 25.3 Å². The molecular formula is C15H16N2O5S. The van der Waals surface area contributed by atoms with Crippen molar-refractivity contribution in [2.24, 2.45) is 0 Å². The molecule has 1 fully saturated rings. The number of ether oxygens (including phenoxy) is 1. The van der Waals surface area contributed by atoms with Crippen molar-refractivity contribution in [2.45, 2.75) is 19.4 Å². The quantitative estimate of drug-likeness (QED) is 0.911. The number of furan rings is 1. The minimum atomic E-state index is -1.05. The summed E-state index contributed by atoms with van der Waals surface area (Å²) < 4.78 is 10.6. The van der Waals surface area contributed by atoms with Crippen molar-refractivity contribution in [3.05, 3.63) is 29.0 Å². The smallest absolute Gasteiger partial charge is 0.328 e. The molecule has 3 heterocycles. The topological polar surface area (TPSA) is 92.9 Å². The number of carbonyl (C=O) groups excluding carboxylic acids is 1. The Bertz CT molecular complexity index is 723. The number of rotatable bonds is 4. The van der Waals surface area contributed by atoms with Gasteiger partial charge in [-0.25, -0.2) is 9.78 Å². The molecule has 8 heteroatoms. The molecular weight excluding hydrogens is 320 g/mol. The molecule has 0 aromatic carbocycles. The number of aliphatic carboxylic acids is 1. The fourth-order valence-electron chi connectivity index (χ4n) is 2.41. The first-order valence-electron chi connectivity index (χ1n) is 7.16. The minimum absolute atomic E-state index is 0.0229. The summed E-state index contributed by atoms with van der Waals surface area (Å²) in [5.74, 6) is 0.155. The molecule has 1 N–H and O–H groups in total. The molecule has 1 aliphatic rings. The largest absolute Gasteiger partial charge is 0.480 e. The Morgan fingerprint density at radius 3 is 3.00 bits per heavy atom. The molecule has 1 amide bonds. The van der Waals surface area contributed by atoms with E-state index in [1.807, 2.05) is 19.1 Å². The summed E-state index contributed by atoms with van der Waals surface area (Å²) in [4.78, 5) is 29.3. The number of aryl methyl sites for hydroxylation is 1. The van der Waals surface area contributed by atoms with Crippen molar-refractivity contribution in [3.63, 3.8) is 0 Å². The Morgan fingerprint density at radius 2 is 2.30 bits per heavy atom. The zero-order valence-corrected chi connectivity index (χ0v) is 13.3. The van der Waals surface area contributed by atoms with Gasteiger partial charge in [-0.1, -0.05) is 0 Å². The second-order valence-corrected chi connectivity index (χ2v) is 6.11. The van der Waals surface area contributed by atoms with Gasteiger partial charge < -0.3 is 19.2 Å². The van der Waals surface area contributed by atoms with Crippen LogP contribution in [-0.4, -0.2) is 52.7 Å². The van der Waals surface area contributed by atoms with E-state index in [1.165, 1.54) is 16.2 Å². The molecule has 0 saturated carbocycles.